The number of hydrogen-bond acceptors (Lipinski definition) is 7. The number of nitrogens with zero attached hydrogens (tertiary/aromatic N) is 1. The number of aryl methyl sites for hydroxylation is 2. The van der Waals surface area contributed by atoms with E-state index in [4.69, 9.17) is 9.66 Å². The normalized spacial score (nSPS) is 23.5. The quantitative estimate of drug-likeness (QED) is 0.0785. The lowest BCUT2D eigenvalue weighted by Crippen LogP contribution is -2.47. The van der Waals surface area contributed by atoms with Crippen LogP contribution in [0.4, 0.5) is 11.4 Å². The number of Topliss-reactive ketones (excluding diaryl/α,β-unsaturated/α-hetero) is 1. The summed E-state index contributed by atoms with van der Waals surface area (Å²) in [5.41, 5.74) is 8.76. The average molecular weight is 970 g/mol. The molecule has 3 unspecified atom stereocenters. The minimum Gasteiger partial charge on any atom is -0.481 e. The molecule has 3 aliphatic heterocycles. The third-order valence-electron chi connectivity index (χ3n) is 13.7. The highest BCUT2D eigenvalue weighted by Gasteiger charge is 2.48. The summed E-state index contributed by atoms with van der Waals surface area (Å²) in [6.45, 7) is 16.2. The maximum Gasteiger partial charge on any atom is 0.303 e. The first-order chi connectivity index (χ1) is 32.8. The number of ketones is 1. The molecule has 13 heteroatoms. The van der Waals surface area contributed by atoms with Gasteiger partial charge in [0.15, 0.2) is 5.71 Å². The van der Waals surface area contributed by atoms with Crippen LogP contribution in [0.3, 0.4) is 0 Å². The highest BCUT2D eigenvalue weighted by Crippen LogP contribution is 2.51. The van der Waals surface area contributed by atoms with E-state index in [0.29, 0.717) is 64.3 Å². The molecule has 5 rings (SSSR count). The number of hydrogen-bond donors (Lipinski definition) is 5. The summed E-state index contributed by atoms with van der Waals surface area (Å²) in [4.78, 5) is 52.2. The molecule has 12 nitrogen and oxygen atoms in total. The van der Waals surface area contributed by atoms with Gasteiger partial charge in [0, 0.05) is 72.7 Å². The Morgan fingerprint density at radius 1 is 0.812 bits per heavy atom. The number of fused-ring (bicyclic) bond motifs is 5. The van der Waals surface area contributed by atoms with Crippen LogP contribution in [-0.2, 0) is 40.1 Å². The molecule has 3 aliphatic rings. The van der Waals surface area contributed by atoms with E-state index in [0.717, 1.165) is 62.9 Å². The van der Waals surface area contributed by atoms with Crippen molar-refractivity contribution in [3.05, 3.63) is 107 Å². The Morgan fingerprint density at radius 3 is 2.19 bits per heavy atom. The van der Waals surface area contributed by atoms with E-state index in [1.54, 1.807) is 6.92 Å². The fraction of sp³-hybridized carbons (Fsp3) is 0.554. The van der Waals surface area contributed by atoms with Gasteiger partial charge in [-0.05, 0) is 110 Å². The number of rotatable bonds is 12. The molecule has 69 heavy (non-hydrogen) atoms. The smallest absolute Gasteiger partial charge is 0.303 e. The Kier molecular flexibility index (Phi) is 22.3. The Hall–Kier alpha value is -5.14. The summed E-state index contributed by atoms with van der Waals surface area (Å²) in [6, 6.07) is 12.5. The highest BCUT2D eigenvalue weighted by atomic mass is 32.2. The lowest BCUT2D eigenvalue weighted by molar-refractivity contribution is -0.438. The van der Waals surface area contributed by atoms with Gasteiger partial charge >= 0.3 is 5.97 Å². The zero-order valence-corrected chi connectivity index (χ0v) is 43.3. The van der Waals surface area contributed by atoms with Crippen LogP contribution in [0.25, 0.3) is 0 Å². The number of carbonyl (C=O) groups is 4. The van der Waals surface area contributed by atoms with Gasteiger partial charge in [0.1, 0.15) is 18.4 Å². The number of anilines is 1. The molecular weight excluding hydrogens is 889 g/mol. The average Bonchev–Trinajstić information content (AvgIpc) is 3.67. The largest absolute Gasteiger partial charge is 0.481 e. The lowest BCUT2D eigenvalue weighted by atomic mass is 9.66. The van der Waals surface area contributed by atoms with Gasteiger partial charge in [0.25, 0.3) is 10.1 Å². The summed E-state index contributed by atoms with van der Waals surface area (Å²) < 4.78 is 30.0. The third kappa shape index (κ3) is 16.8. The van der Waals surface area contributed by atoms with Crippen LogP contribution >= 0.6 is 0 Å². The van der Waals surface area contributed by atoms with Crippen LogP contribution in [0.5, 0.6) is 0 Å². The van der Waals surface area contributed by atoms with E-state index in [-0.39, 0.29) is 41.1 Å². The number of carboxylic acids is 1. The molecule has 0 aromatic heterocycles. The second-order valence-corrected chi connectivity index (χ2v) is 21.3. The number of benzene rings is 2. The van der Waals surface area contributed by atoms with E-state index in [1.807, 2.05) is 0 Å². The Morgan fingerprint density at radius 2 is 1.49 bits per heavy atom. The summed E-state index contributed by atoms with van der Waals surface area (Å²) in [5.74, 6) is -1.22. The van der Waals surface area contributed by atoms with Crippen LogP contribution < -0.4 is 16.0 Å². The van der Waals surface area contributed by atoms with Crippen LogP contribution in [0.2, 0.25) is 0 Å². The van der Waals surface area contributed by atoms with Crippen LogP contribution in [0, 0.1) is 19.8 Å². The molecule has 3 atom stereocenters. The van der Waals surface area contributed by atoms with Crippen molar-refractivity contribution in [3.63, 3.8) is 0 Å². The zero-order valence-electron chi connectivity index (χ0n) is 42.5. The van der Waals surface area contributed by atoms with Gasteiger partial charge in [-0.15, -0.1) is 0 Å². The third-order valence-corrected chi connectivity index (χ3v) is 14.6. The molecule has 2 aromatic rings. The second-order valence-electron chi connectivity index (χ2n) is 19.7. The van der Waals surface area contributed by atoms with Crippen molar-refractivity contribution in [1.29, 1.82) is 0 Å². The monoisotopic (exact) mass is 970 g/mol. The van der Waals surface area contributed by atoms with Crippen molar-refractivity contribution in [3.8, 4) is 0 Å². The van der Waals surface area contributed by atoms with Crippen molar-refractivity contribution in [2.75, 3.05) is 24.2 Å². The molecule has 3 heterocycles. The molecule has 0 bridgehead atoms. The summed E-state index contributed by atoms with van der Waals surface area (Å²) in [6.07, 6.45) is 26.1. The molecule has 0 spiro atoms. The van der Waals surface area contributed by atoms with Gasteiger partial charge in [-0.1, -0.05) is 106 Å². The predicted molar refractivity (Wildman–Crippen MR) is 279 cm³/mol. The van der Waals surface area contributed by atoms with Crippen LogP contribution in [-0.4, -0.2) is 76.8 Å². The van der Waals surface area contributed by atoms with Crippen molar-refractivity contribution >= 4 is 50.8 Å². The van der Waals surface area contributed by atoms with Gasteiger partial charge in [-0.25, -0.2) is 0 Å². The van der Waals surface area contributed by atoms with Crippen molar-refractivity contribution in [1.82, 2.24) is 10.6 Å². The Bertz CT molecular complexity index is 2360. The van der Waals surface area contributed by atoms with E-state index in [2.05, 4.69) is 141 Å². The summed E-state index contributed by atoms with van der Waals surface area (Å²) in [5, 5.41) is 18.7. The first kappa shape index (κ1) is 56.4. The number of amides is 2. The van der Waals surface area contributed by atoms with Crippen LogP contribution in [0.15, 0.2) is 84.6 Å². The first-order valence-electron chi connectivity index (χ1n) is 25.5. The number of allylic oxidation sites excluding steroid dienone is 8. The molecular formula is C56H81N4O8S+. The van der Waals surface area contributed by atoms with Gasteiger partial charge in [0.2, 0.25) is 17.5 Å². The molecule has 2 aromatic carbocycles. The minimum atomic E-state index is -3.67. The number of aliphatic carboxylic acids is 1. The highest BCUT2D eigenvalue weighted by molar-refractivity contribution is 7.85. The number of carbonyl (C=O) groups excluding carboxylic acids is 3. The maximum absolute atomic E-state index is 14.4. The maximum atomic E-state index is 14.4. The van der Waals surface area contributed by atoms with E-state index >= 15 is 0 Å². The molecule has 0 fully saturated rings. The number of carboxylic acid groups (broad SMARTS) is 1. The van der Waals surface area contributed by atoms with Gasteiger partial charge in [0.05, 0.1) is 11.2 Å². The molecule has 0 radical (unpaired) electrons. The predicted octanol–water partition coefficient (Wildman–Crippen LogP) is 11.0. The standard InChI is InChI=1S/C53H72N4O5.C3H8O3S/c1-7-8-23-40-46(58)25-16-12-15-24-44(51(62)54-34-21-13-20-29-50(60)61)56-49(59)28-19-14-22-35-57-45-33-31-39(3)37-42(45)52(4,5)48(57)27-18-11-9-10-17-26-47-53(40,6)41-36-38(2)30-32-43(41)55-47;1-2-3-7(4,5)6/h9-11,17-18,26-27,30-33,36-37,40,44H,7-8,12-16,19-25,28-29,34-35H2,1-6H3,(H3,54,56,59,60,61,62);2-3H2,1H3,(H,4,5,6)/p+1. The molecule has 0 saturated carbocycles. The van der Waals surface area contributed by atoms with Gasteiger partial charge in [-0.3, -0.25) is 23.7 Å². The fourth-order valence-corrected chi connectivity index (χ4v) is 10.4. The Labute approximate surface area is 413 Å². The van der Waals surface area contributed by atoms with Crippen molar-refractivity contribution < 1.29 is 41.8 Å². The van der Waals surface area contributed by atoms with Gasteiger partial charge < -0.3 is 21.1 Å². The van der Waals surface area contributed by atoms with Crippen molar-refractivity contribution in [2.45, 2.75) is 174 Å². The molecule has 0 saturated heterocycles. The van der Waals surface area contributed by atoms with E-state index < -0.39 is 27.5 Å². The lowest BCUT2D eigenvalue weighted by Gasteiger charge is -2.35. The van der Waals surface area contributed by atoms with Crippen molar-refractivity contribution in [2.24, 2.45) is 5.92 Å². The zero-order chi connectivity index (χ0) is 50.6. The van der Waals surface area contributed by atoms with E-state index in [9.17, 15) is 27.6 Å². The molecule has 378 valence electrons. The summed E-state index contributed by atoms with van der Waals surface area (Å²) >= 11 is 0. The minimum absolute atomic E-state index is 0.115. The number of unbranched alkanes of at least 4 members (excludes halogenated alkanes) is 3. The number of nitrogens with one attached hydrogen (secondary N) is 3. The first-order valence-corrected chi connectivity index (χ1v) is 27.1. The van der Waals surface area contributed by atoms with Crippen LogP contribution in [0.1, 0.15) is 166 Å². The second kappa shape index (κ2) is 27.3. The SMILES string of the molecule is CCCCC1C(=O)CCCCCC(C(=O)NCCCCCC(=O)O)NC(=O)CCCCC[N+]2=C(/C=C/C=C/C=C/C=C3\Nc4ccc(C)cc4C31C)C(C)(C)c1cc(C)ccc12.CCCS(=O)(=O)O. The molecule has 2 amide bonds. The Balaban J connectivity index is 0.00000137. The topological polar surface area (TPSA) is 182 Å². The summed E-state index contributed by atoms with van der Waals surface area (Å²) in [7, 11) is -3.67. The molecule has 5 N–H and O–H groups in total. The molecule has 0 aliphatic carbocycles. The van der Waals surface area contributed by atoms with Gasteiger partial charge in [-0.2, -0.15) is 13.0 Å². The fourth-order valence-electron chi connectivity index (χ4n) is 9.84. The van der Waals surface area contributed by atoms with E-state index in [1.165, 1.54) is 33.7 Å².